The minimum Gasteiger partial charge on any atom is -0.458 e. The Hall–Kier alpha value is -2.09. The van der Waals surface area contributed by atoms with Crippen LogP contribution in [0.15, 0.2) is 66.8 Å². The molecule has 0 saturated carbocycles. The third-order valence-electron chi connectivity index (χ3n) is 4.15. The fourth-order valence-electron chi connectivity index (χ4n) is 2.61. The zero-order chi connectivity index (χ0) is 15.8. The number of hydrogen-bond acceptors (Lipinski definition) is 2. The third kappa shape index (κ3) is 4.20. The van der Waals surface area contributed by atoms with Gasteiger partial charge in [0.15, 0.2) is 0 Å². The van der Waals surface area contributed by atoms with Crippen molar-refractivity contribution in [2.24, 2.45) is 0 Å². The van der Waals surface area contributed by atoms with E-state index >= 15 is 0 Å². The summed E-state index contributed by atoms with van der Waals surface area (Å²) >= 11 is 0. The molecule has 1 aliphatic rings. The molecule has 2 nitrogen and oxygen atoms in total. The van der Waals surface area contributed by atoms with Crippen molar-refractivity contribution in [1.29, 1.82) is 0 Å². The molecule has 0 aromatic heterocycles. The van der Waals surface area contributed by atoms with Gasteiger partial charge < -0.3 is 4.74 Å². The molecule has 1 aromatic rings. The second-order valence-corrected chi connectivity index (χ2v) is 5.83. The summed E-state index contributed by atoms with van der Waals surface area (Å²) in [7, 11) is 0. The Kier molecular flexibility index (Phi) is 5.76. The van der Waals surface area contributed by atoms with Crippen LogP contribution in [0.1, 0.15) is 38.2 Å². The Balaban J connectivity index is 1.92. The highest BCUT2D eigenvalue weighted by Gasteiger charge is 2.18. The number of rotatable bonds is 6. The van der Waals surface area contributed by atoms with Crippen molar-refractivity contribution in [3.05, 3.63) is 72.4 Å². The molecular formula is C20H24O2. The van der Waals surface area contributed by atoms with E-state index in [9.17, 15) is 4.79 Å². The Labute approximate surface area is 133 Å². The Morgan fingerprint density at radius 3 is 2.73 bits per heavy atom. The van der Waals surface area contributed by atoms with Gasteiger partial charge in [0, 0.05) is 11.0 Å². The summed E-state index contributed by atoms with van der Waals surface area (Å²) in [6, 6.07) is 10.2. The predicted molar refractivity (Wildman–Crippen MR) is 90.6 cm³/mol. The number of esters is 1. The molecule has 0 amide bonds. The van der Waals surface area contributed by atoms with Crippen molar-refractivity contribution in [3.8, 4) is 0 Å². The zero-order valence-electron chi connectivity index (χ0n) is 13.3. The molecule has 0 heterocycles. The summed E-state index contributed by atoms with van der Waals surface area (Å²) in [5.41, 5.74) is 1.74. The molecule has 0 radical (unpaired) electrons. The van der Waals surface area contributed by atoms with E-state index in [1.807, 2.05) is 42.5 Å². The smallest absolute Gasteiger partial charge is 0.333 e. The first-order chi connectivity index (χ1) is 10.7. The van der Waals surface area contributed by atoms with E-state index in [1.165, 1.54) is 12.0 Å². The highest BCUT2D eigenvalue weighted by atomic mass is 16.5. The number of allylic oxidation sites excluding steroid dienone is 3. The molecule has 1 atom stereocenters. The van der Waals surface area contributed by atoms with Crippen LogP contribution in [0.3, 0.4) is 0 Å². The van der Waals surface area contributed by atoms with Gasteiger partial charge in [-0.05, 0) is 38.2 Å². The first kappa shape index (κ1) is 16.3. The van der Waals surface area contributed by atoms with Gasteiger partial charge in [0.05, 0.1) is 0 Å². The van der Waals surface area contributed by atoms with Crippen LogP contribution in [-0.2, 0) is 14.9 Å². The fraction of sp³-hybridized carbons (Fsp3) is 0.350. The standard InChI is InChI=1S/C20H24O2/c1-3-20(2,18-13-8-5-9-14-18)15-10-16-22-19(21)17-11-6-4-7-12-17/h3,5,8-11,13-15H,1,4,6-7,12,16H2,2H3/b15-10+/t20-/m0/s1. The van der Waals surface area contributed by atoms with Gasteiger partial charge in [0.2, 0.25) is 0 Å². The molecule has 0 aliphatic heterocycles. The van der Waals surface area contributed by atoms with Gasteiger partial charge in [-0.25, -0.2) is 4.79 Å². The molecule has 0 unspecified atom stereocenters. The number of carbonyl (C=O) groups excluding carboxylic acids is 1. The number of hydrogen-bond donors (Lipinski definition) is 0. The van der Waals surface area contributed by atoms with Gasteiger partial charge in [0.1, 0.15) is 6.61 Å². The maximum atomic E-state index is 11.9. The van der Waals surface area contributed by atoms with Crippen molar-refractivity contribution in [2.75, 3.05) is 6.61 Å². The summed E-state index contributed by atoms with van der Waals surface area (Å²) in [4.78, 5) is 11.9. The monoisotopic (exact) mass is 296 g/mol. The predicted octanol–water partition coefficient (Wildman–Crippen LogP) is 4.73. The molecule has 0 bridgehead atoms. The topological polar surface area (TPSA) is 26.3 Å². The van der Waals surface area contributed by atoms with E-state index in [-0.39, 0.29) is 11.4 Å². The van der Waals surface area contributed by atoms with Crippen molar-refractivity contribution >= 4 is 5.97 Å². The van der Waals surface area contributed by atoms with Crippen molar-refractivity contribution in [2.45, 2.75) is 38.0 Å². The van der Waals surface area contributed by atoms with Crippen LogP contribution in [0.2, 0.25) is 0 Å². The number of carbonyl (C=O) groups is 1. The average Bonchev–Trinajstić information content (AvgIpc) is 2.60. The third-order valence-corrected chi connectivity index (χ3v) is 4.15. The largest absolute Gasteiger partial charge is 0.458 e. The SMILES string of the molecule is C=C[C@@](C)(/C=C/COC(=O)C1=CCCCC1)c1ccccc1. The van der Waals surface area contributed by atoms with Crippen LogP contribution in [0, 0.1) is 0 Å². The molecule has 0 fully saturated rings. The van der Waals surface area contributed by atoms with Crippen LogP contribution < -0.4 is 0 Å². The van der Waals surface area contributed by atoms with Crippen LogP contribution in [-0.4, -0.2) is 12.6 Å². The van der Waals surface area contributed by atoms with Gasteiger partial charge in [-0.1, -0.05) is 54.6 Å². The summed E-state index contributed by atoms with van der Waals surface area (Å²) in [5.74, 6) is -0.177. The number of ether oxygens (including phenoxy) is 1. The van der Waals surface area contributed by atoms with Gasteiger partial charge in [0.25, 0.3) is 0 Å². The van der Waals surface area contributed by atoms with Crippen LogP contribution >= 0.6 is 0 Å². The van der Waals surface area contributed by atoms with E-state index in [0.29, 0.717) is 6.61 Å². The molecule has 0 spiro atoms. The first-order valence-corrected chi connectivity index (χ1v) is 7.89. The van der Waals surface area contributed by atoms with Crippen LogP contribution in [0.4, 0.5) is 0 Å². The molecule has 0 saturated heterocycles. The molecule has 116 valence electrons. The first-order valence-electron chi connectivity index (χ1n) is 7.89. The Morgan fingerprint density at radius 2 is 2.09 bits per heavy atom. The maximum absolute atomic E-state index is 11.9. The molecular weight excluding hydrogens is 272 g/mol. The van der Waals surface area contributed by atoms with Gasteiger partial charge in [-0.3, -0.25) is 0 Å². The van der Waals surface area contributed by atoms with E-state index in [1.54, 1.807) is 0 Å². The van der Waals surface area contributed by atoms with E-state index in [4.69, 9.17) is 4.74 Å². The summed E-state index contributed by atoms with van der Waals surface area (Å²) in [6.45, 7) is 6.32. The fourth-order valence-corrected chi connectivity index (χ4v) is 2.61. The average molecular weight is 296 g/mol. The molecule has 22 heavy (non-hydrogen) atoms. The van der Waals surface area contributed by atoms with Crippen LogP contribution in [0.5, 0.6) is 0 Å². The Bertz CT molecular complexity index is 569. The van der Waals surface area contributed by atoms with Crippen molar-refractivity contribution in [1.82, 2.24) is 0 Å². The van der Waals surface area contributed by atoms with E-state index in [0.717, 1.165) is 24.8 Å². The normalized spacial score (nSPS) is 17.6. The summed E-state index contributed by atoms with van der Waals surface area (Å²) in [5, 5.41) is 0. The molecule has 0 N–H and O–H groups in total. The number of benzene rings is 1. The molecule has 2 heteroatoms. The Morgan fingerprint density at radius 1 is 1.32 bits per heavy atom. The van der Waals surface area contributed by atoms with E-state index < -0.39 is 0 Å². The lowest BCUT2D eigenvalue weighted by molar-refractivity contribution is -0.138. The zero-order valence-corrected chi connectivity index (χ0v) is 13.3. The lowest BCUT2D eigenvalue weighted by Crippen LogP contribution is -2.16. The summed E-state index contributed by atoms with van der Waals surface area (Å²) < 4.78 is 5.33. The maximum Gasteiger partial charge on any atom is 0.333 e. The highest BCUT2D eigenvalue weighted by Crippen LogP contribution is 2.26. The lowest BCUT2D eigenvalue weighted by atomic mass is 9.82. The minimum atomic E-state index is -0.252. The minimum absolute atomic E-state index is 0.177. The molecule has 1 aromatic carbocycles. The second kappa shape index (κ2) is 7.79. The molecule has 2 rings (SSSR count). The second-order valence-electron chi connectivity index (χ2n) is 5.83. The van der Waals surface area contributed by atoms with Gasteiger partial charge >= 0.3 is 5.97 Å². The van der Waals surface area contributed by atoms with E-state index in [2.05, 4.69) is 25.6 Å². The summed E-state index contributed by atoms with van der Waals surface area (Å²) in [6.07, 6.45) is 11.9. The molecule has 1 aliphatic carbocycles. The lowest BCUT2D eigenvalue weighted by Gasteiger charge is -2.22. The van der Waals surface area contributed by atoms with Crippen molar-refractivity contribution in [3.63, 3.8) is 0 Å². The van der Waals surface area contributed by atoms with Gasteiger partial charge in [-0.2, -0.15) is 0 Å². The van der Waals surface area contributed by atoms with Crippen LogP contribution in [0.25, 0.3) is 0 Å². The quantitative estimate of drug-likeness (QED) is 0.560. The van der Waals surface area contributed by atoms with Gasteiger partial charge in [-0.15, -0.1) is 6.58 Å². The van der Waals surface area contributed by atoms with Crippen molar-refractivity contribution < 1.29 is 9.53 Å². The highest BCUT2D eigenvalue weighted by molar-refractivity contribution is 5.88.